The maximum absolute atomic E-state index is 12.8. The van der Waals surface area contributed by atoms with Crippen molar-refractivity contribution in [1.82, 2.24) is 30.1 Å². The molecule has 3 N–H and O–H groups in total. The molecule has 41 heavy (non-hydrogen) atoms. The second-order valence-electron chi connectivity index (χ2n) is 10.5. The Bertz CT molecular complexity index is 1930. The second kappa shape index (κ2) is 10.4. The number of ketones is 1. The first kappa shape index (κ1) is 25.3. The number of Topliss-reactive ketones (excluding diaryl/α,β-unsaturated/α-hetero) is 1. The van der Waals surface area contributed by atoms with Gasteiger partial charge in [0, 0.05) is 34.8 Å². The smallest absolute Gasteiger partial charge is 0.227 e. The molecule has 0 bridgehead atoms. The van der Waals surface area contributed by atoms with Crippen molar-refractivity contribution in [2.75, 3.05) is 5.32 Å². The summed E-state index contributed by atoms with van der Waals surface area (Å²) >= 11 is 1.44. The van der Waals surface area contributed by atoms with Crippen LogP contribution in [0, 0.1) is 5.92 Å². The molecule has 204 valence electrons. The Morgan fingerprint density at radius 3 is 2.68 bits per heavy atom. The summed E-state index contributed by atoms with van der Waals surface area (Å²) < 4.78 is 0. The van der Waals surface area contributed by atoms with Gasteiger partial charge in [0.15, 0.2) is 5.78 Å². The summed E-state index contributed by atoms with van der Waals surface area (Å²) in [5.41, 5.74) is 6.96. The lowest BCUT2D eigenvalue weighted by Gasteiger charge is -2.20. The molecule has 0 aliphatic heterocycles. The normalized spacial score (nSPS) is 14.1. The monoisotopic (exact) mass is 561 g/mol. The third-order valence-corrected chi connectivity index (χ3v) is 8.87. The number of fused-ring (bicyclic) bond motifs is 2. The van der Waals surface area contributed by atoms with Gasteiger partial charge < -0.3 is 10.3 Å². The summed E-state index contributed by atoms with van der Waals surface area (Å²) in [6.45, 7) is 1.57. The molecule has 0 radical (unpaired) electrons. The maximum Gasteiger partial charge on any atom is 0.227 e. The van der Waals surface area contributed by atoms with E-state index in [0.29, 0.717) is 16.3 Å². The van der Waals surface area contributed by atoms with E-state index in [1.165, 1.54) is 17.8 Å². The molecule has 1 fully saturated rings. The third-order valence-electron chi connectivity index (χ3n) is 7.67. The standard InChI is InChI=1S/C31H27N7O2S/c1-17(39)26-9-10-27(41-26)28-21-14-25(35-23(21)11-12-33-28)30-29-24(37-38-30)8-7-22(36-29)19-13-20(16-32-15-19)34-31(40)18-5-3-2-4-6-18/h7-16,18,35H,2-6H2,1H3,(H,34,40)(H,37,38). The van der Waals surface area contributed by atoms with Crippen molar-refractivity contribution in [3.05, 3.63) is 65.9 Å². The van der Waals surface area contributed by atoms with Crippen molar-refractivity contribution >= 4 is 50.7 Å². The first-order valence-electron chi connectivity index (χ1n) is 13.7. The van der Waals surface area contributed by atoms with Crippen LogP contribution in [0.4, 0.5) is 5.69 Å². The Kier molecular flexibility index (Phi) is 6.39. The van der Waals surface area contributed by atoms with E-state index in [-0.39, 0.29) is 17.6 Å². The average molecular weight is 562 g/mol. The predicted molar refractivity (Wildman–Crippen MR) is 161 cm³/mol. The van der Waals surface area contributed by atoms with Crippen molar-refractivity contribution in [1.29, 1.82) is 0 Å². The minimum atomic E-state index is 0.0420. The van der Waals surface area contributed by atoms with Crippen LogP contribution in [0.3, 0.4) is 0 Å². The van der Waals surface area contributed by atoms with Gasteiger partial charge in [-0.3, -0.25) is 24.7 Å². The first-order chi connectivity index (χ1) is 20.0. The predicted octanol–water partition coefficient (Wildman–Crippen LogP) is 7.01. The number of pyridine rings is 3. The molecule has 10 heteroatoms. The Morgan fingerprint density at radius 2 is 1.85 bits per heavy atom. The topological polar surface area (TPSA) is 129 Å². The Labute approximate surface area is 239 Å². The number of hydrogen-bond donors (Lipinski definition) is 3. The van der Waals surface area contributed by atoms with Gasteiger partial charge in [0.2, 0.25) is 5.91 Å². The molecule has 0 unspecified atom stereocenters. The van der Waals surface area contributed by atoms with E-state index in [0.717, 1.165) is 75.1 Å². The van der Waals surface area contributed by atoms with Crippen molar-refractivity contribution in [3.8, 4) is 33.2 Å². The molecule has 6 aromatic heterocycles. The van der Waals surface area contributed by atoms with Gasteiger partial charge in [-0.25, -0.2) is 4.98 Å². The van der Waals surface area contributed by atoms with Gasteiger partial charge in [-0.1, -0.05) is 19.3 Å². The number of nitrogens with one attached hydrogen (secondary N) is 3. The fraction of sp³-hybridized carbons (Fsp3) is 0.226. The van der Waals surface area contributed by atoms with Crippen LogP contribution < -0.4 is 5.32 Å². The molecule has 7 rings (SSSR count). The number of carbonyl (C=O) groups is 2. The highest BCUT2D eigenvalue weighted by Crippen LogP contribution is 2.36. The molecule has 1 aliphatic rings. The number of anilines is 1. The van der Waals surface area contributed by atoms with E-state index in [2.05, 4.69) is 30.5 Å². The average Bonchev–Trinajstić information content (AvgIpc) is 3.75. The Balaban J connectivity index is 1.22. The molecular weight excluding hydrogens is 534 g/mol. The number of rotatable bonds is 6. The van der Waals surface area contributed by atoms with Crippen LogP contribution >= 0.6 is 11.3 Å². The summed E-state index contributed by atoms with van der Waals surface area (Å²) in [4.78, 5) is 43.7. The first-order valence-corrected chi connectivity index (χ1v) is 14.6. The van der Waals surface area contributed by atoms with E-state index >= 15 is 0 Å². The maximum atomic E-state index is 12.8. The van der Waals surface area contributed by atoms with Crippen molar-refractivity contribution < 1.29 is 9.59 Å². The highest BCUT2D eigenvalue weighted by molar-refractivity contribution is 7.17. The summed E-state index contributed by atoms with van der Waals surface area (Å²) in [6, 6.07) is 13.5. The van der Waals surface area contributed by atoms with Crippen molar-refractivity contribution in [2.45, 2.75) is 39.0 Å². The molecule has 0 atom stereocenters. The molecule has 6 heterocycles. The number of amides is 1. The van der Waals surface area contributed by atoms with Gasteiger partial charge in [-0.15, -0.1) is 11.3 Å². The number of hydrogen-bond acceptors (Lipinski definition) is 7. The number of aromatic amines is 2. The fourth-order valence-electron chi connectivity index (χ4n) is 5.54. The summed E-state index contributed by atoms with van der Waals surface area (Å²) in [6.07, 6.45) is 10.5. The van der Waals surface area contributed by atoms with Crippen LogP contribution in [-0.2, 0) is 4.79 Å². The van der Waals surface area contributed by atoms with E-state index in [4.69, 9.17) is 4.98 Å². The summed E-state index contributed by atoms with van der Waals surface area (Å²) in [5.74, 6) is 0.177. The van der Waals surface area contributed by atoms with Gasteiger partial charge in [0.05, 0.1) is 44.2 Å². The van der Waals surface area contributed by atoms with Crippen LogP contribution in [0.15, 0.2) is 61.1 Å². The highest BCUT2D eigenvalue weighted by Gasteiger charge is 2.22. The molecule has 0 aromatic carbocycles. The number of H-pyrrole nitrogens is 2. The quantitative estimate of drug-likeness (QED) is 0.188. The van der Waals surface area contributed by atoms with Gasteiger partial charge >= 0.3 is 0 Å². The molecule has 6 aromatic rings. The lowest BCUT2D eigenvalue weighted by atomic mass is 9.88. The van der Waals surface area contributed by atoms with Gasteiger partial charge in [0.25, 0.3) is 0 Å². The lowest BCUT2D eigenvalue weighted by Crippen LogP contribution is -2.24. The van der Waals surface area contributed by atoms with Crippen LogP contribution in [-0.4, -0.2) is 41.8 Å². The van der Waals surface area contributed by atoms with E-state index in [1.807, 2.05) is 42.5 Å². The van der Waals surface area contributed by atoms with Gasteiger partial charge in [0.1, 0.15) is 11.2 Å². The minimum absolute atomic E-state index is 0.0420. The van der Waals surface area contributed by atoms with Gasteiger partial charge in [-0.05, 0) is 62.2 Å². The summed E-state index contributed by atoms with van der Waals surface area (Å²) in [5, 5.41) is 11.7. The SMILES string of the molecule is CC(=O)c1ccc(-c2nccc3[nH]c(-c4n[nH]c5ccc(-c6cncc(NC(=O)C7CCCCC7)c6)nc45)cc23)s1. The molecule has 0 spiro atoms. The zero-order chi connectivity index (χ0) is 27.9. The zero-order valence-electron chi connectivity index (χ0n) is 22.4. The van der Waals surface area contributed by atoms with E-state index in [1.54, 1.807) is 25.5 Å². The zero-order valence-corrected chi connectivity index (χ0v) is 23.2. The van der Waals surface area contributed by atoms with Crippen LogP contribution in [0.5, 0.6) is 0 Å². The van der Waals surface area contributed by atoms with Crippen LogP contribution in [0.2, 0.25) is 0 Å². The molecule has 0 saturated heterocycles. The molecule has 9 nitrogen and oxygen atoms in total. The van der Waals surface area contributed by atoms with Crippen LogP contribution in [0.25, 0.3) is 55.2 Å². The molecule has 1 amide bonds. The summed E-state index contributed by atoms with van der Waals surface area (Å²) in [7, 11) is 0. The second-order valence-corrected chi connectivity index (χ2v) is 11.6. The van der Waals surface area contributed by atoms with Gasteiger partial charge in [-0.2, -0.15) is 5.10 Å². The molecule has 1 saturated carbocycles. The molecule has 1 aliphatic carbocycles. The van der Waals surface area contributed by atoms with Crippen molar-refractivity contribution in [2.24, 2.45) is 5.92 Å². The minimum Gasteiger partial charge on any atom is -0.353 e. The molecular formula is C31H27N7O2S. The number of carbonyl (C=O) groups excluding carboxylic acids is 2. The lowest BCUT2D eigenvalue weighted by molar-refractivity contribution is -0.120. The van der Waals surface area contributed by atoms with E-state index < -0.39 is 0 Å². The van der Waals surface area contributed by atoms with Crippen LogP contribution in [0.1, 0.15) is 48.7 Å². The number of thiophene rings is 1. The largest absolute Gasteiger partial charge is 0.353 e. The number of aromatic nitrogens is 6. The Morgan fingerprint density at radius 1 is 0.976 bits per heavy atom. The van der Waals surface area contributed by atoms with Crippen molar-refractivity contribution in [3.63, 3.8) is 0 Å². The number of nitrogens with zero attached hydrogens (tertiary/aromatic N) is 4. The fourth-order valence-corrected chi connectivity index (χ4v) is 6.45. The van der Waals surface area contributed by atoms with E-state index in [9.17, 15) is 9.59 Å². The third kappa shape index (κ3) is 4.80. The highest BCUT2D eigenvalue weighted by atomic mass is 32.1. The Hall–Kier alpha value is -4.70.